The second kappa shape index (κ2) is 10.4. The fourth-order valence-corrected chi connectivity index (χ4v) is 4.19. The third-order valence-corrected chi connectivity index (χ3v) is 5.98. The van der Waals surface area contributed by atoms with Gasteiger partial charge < -0.3 is 10.1 Å². The minimum atomic E-state index is -0.609. The van der Waals surface area contributed by atoms with Crippen LogP contribution in [0.15, 0.2) is 58.5 Å². The number of aromatic amines is 1. The average molecular weight is 447 g/mol. The molecule has 0 spiro atoms. The Balaban J connectivity index is 1.88. The number of nitrogens with one attached hydrogen (secondary N) is 2. The number of benzene rings is 2. The van der Waals surface area contributed by atoms with Crippen LogP contribution in [0, 0.1) is 0 Å². The Bertz CT molecular complexity index is 1050. The van der Waals surface area contributed by atoms with E-state index in [2.05, 4.69) is 22.4 Å². The van der Waals surface area contributed by atoms with Crippen molar-refractivity contribution in [1.82, 2.24) is 14.8 Å². The fraction of sp³-hybridized carbons (Fsp3) is 0.286. The van der Waals surface area contributed by atoms with Gasteiger partial charge >= 0.3 is 5.69 Å². The Morgan fingerprint density at radius 2 is 2.07 bits per heavy atom. The zero-order valence-electron chi connectivity index (χ0n) is 16.7. The molecular weight excluding hydrogens is 424 g/mol. The number of halogens is 1. The van der Waals surface area contributed by atoms with Crippen LogP contribution in [0.5, 0.6) is 5.75 Å². The number of methoxy groups -OCH3 is 1. The van der Waals surface area contributed by atoms with Crippen LogP contribution in [0.3, 0.4) is 0 Å². The largest absolute Gasteiger partial charge is 0.495 e. The van der Waals surface area contributed by atoms with Crippen LogP contribution in [0.25, 0.3) is 0 Å². The molecule has 1 aromatic heterocycles. The number of anilines is 1. The predicted molar refractivity (Wildman–Crippen MR) is 119 cm³/mol. The van der Waals surface area contributed by atoms with E-state index in [-0.39, 0.29) is 11.6 Å². The smallest absolute Gasteiger partial charge is 0.343 e. The van der Waals surface area contributed by atoms with Gasteiger partial charge in [0.2, 0.25) is 5.91 Å². The van der Waals surface area contributed by atoms with E-state index < -0.39 is 5.25 Å². The van der Waals surface area contributed by atoms with E-state index in [4.69, 9.17) is 16.3 Å². The van der Waals surface area contributed by atoms with Gasteiger partial charge in [0.1, 0.15) is 11.0 Å². The first-order valence-corrected chi connectivity index (χ1v) is 10.8. The number of hydrogen-bond donors (Lipinski definition) is 2. The topological polar surface area (TPSA) is 89.0 Å². The molecule has 0 saturated heterocycles. The van der Waals surface area contributed by atoms with Gasteiger partial charge in [-0.15, -0.1) is 5.10 Å². The van der Waals surface area contributed by atoms with Crippen LogP contribution < -0.4 is 15.7 Å². The molecule has 0 bridgehead atoms. The van der Waals surface area contributed by atoms with Crippen LogP contribution in [0.2, 0.25) is 5.02 Å². The molecule has 158 valence electrons. The fourth-order valence-electron chi connectivity index (χ4n) is 2.86. The highest BCUT2D eigenvalue weighted by molar-refractivity contribution is 8.00. The number of amides is 1. The zero-order valence-corrected chi connectivity index (χ0v) is 18.3. The molecule has 7 nitrogen and oxygen atoms in total. The van der Waals surface area contributed by atoms with E-state index in [1.165, 1.54) is 18.9 Å². The van der Waals surface area contributed by atoms with Crippen molar-refractivity contribution in [2.75, 3.05) is 12.4 Å². The summed E-state index contributed by atoms with van der Waals surface area (Å²) >= 11 is 7.41. The van der Waals surface area contributed by atoms with Crippen molar-refractivity contribution in [3.63, 3.8) is 0 Å². The molecule has 3 rings (SSSR count). The summed E-state index contributed by atoms with van der Waals surface area (Å²) < 4.78 is 6.73. The molecule has 2 aromatic carbocycles. The molecular formula is C21H23ClN4O3S. The Kier molecular flexibility index (Phi) is 7.59. The molecule has 2 N–H and O–H groups in total. The quantitative estimate of drug-likeness (QED) is 0.472. The first kappa shape index (κ1) is 22.0. The van der Waals surface area contributed by atoms with Gasteiger partial charge in [0.15, 0.2) is 5.16 Å². The maximum atomic E-state index is 13.2. The van der Waals surface area contributed by atoms with Crippen molar-refractivity contribution in [2.24, 2.45) is 0 Å². The SMILES string of the molecule is CCCCn1c(SC(C(=O)Nc2ccc(OC)c(Cl)c2)c2ccccc2)n[nH]c1=O. The predicted octanol–water partition coefficient (Wildman–Crippen LogP) is 4.51. The van der Waals surface area contributed by atoms with Crippen LogP contribution in [0.1, 0.15) is 30.6 Å². The second-order valence-corrected chi connectivity index (χ2v) is 8.04. The summed E-state index contributed by atoms with van der Waals surface area (Å²) in [6, 6.07) is 14.4. The summed E-state index contributed by atoms with van der Waals surface area (Å²) in [5.74, 6) is 0.282. The maximum Gasteiger partial charge on any atom is 0.343 e. The van der Waals surface area contributed by atoms with E-state index in [0.29, 0.717) is 28.2 Å². The van der Waals surface area contributed by atoms with Crippen LogP contribution in [-0.4, -0.2) is 27.8 Å². The lowest BCUT2D eigenvalue weighted by molar-refractivity contribution is -0.115. The second-order valence-electron chi connectivity index (χ2n) is 6.56. The van der Waals surface area contributed by atoms with E-state index in [9.17, 15) is 9.59 Å². The van der Waals surface area contributed by atoms with Gasteiger partial charge in [-0.25, -0.2) is 9.89 Å². The van der Waals surface area contributed by atoms with Gasteiger partial charge in [0, 0.05) is 12.2 Å². The standard InChI is InChI=1S/C21H23ClN4O3S/c1-3-4-12-26-20(28)24-25-21(26)30-18(14-8-6-5-7-9-14)19(27)23-15-10-11-17(29-2)16(22)13-15/h5-11,13,18H,3-4,12H2,1-2H3,(H,23,27)(H,24,28). The molecule has 1 atom stereocenters. The summed E-state index contributed by atoms with van der Waals surface area (Å²) in [7, 11) is 1.53. The summed E-state index contributed by atoms with van der Waals surface area (Å²) in [5, 5.41) is 9.78. The number of H-pyrrole nitrogens is 1. The number of carbonyl (C=O) groups is 1. The Morgan fingerprint density at radius 3 is 2.73 bits per heavy atom. The summed E-state index contributed by atoms with van der Waals surface area (Å²) in [6.07, 6.45) is 1.79. The minimum absolute atomic E-state index is 0.245. The number of rotatable bonds is 9. The minimum Gasteiger partial charge on any atom is -0.495 e. The molecule has 0 aliphatic rings. The van der Waals surface area contributed by atoms with Crippen LogP contribution >= 0.6 is 23.4 Å². The number of aromatic nitrogens is 3. The first-order chi connectivity index (χ1) is 14.5. The number of carbonyl (C=O) groups excluding carboxylic acids is 1. The molecule has 9 heteroatoms. The van der Waals surface area contributed by atoms with Crippen molar-refractivity contribution in [1.29, 1.82) is 0 Å². The number of thioether (sulfide) groups is 1. The molecule has 1 unspecified atom stereocenters. The molecule has 1 amide bonds. The van der Waals surface area contributed by atoms with Crippen molar-refractivity contribution < 1.29 is 9.53 Å². The monoisotopic (exact) mass is 446 g/mol. The molecule has 0 radical (unpaired) electrons. The number of nitrogens with zero attached hydrogens (tertiary/aromatic N) is 2. The van der Waals surface area contributed by atoms with Gasteiger partial charge in [0.25, 0.3) is 0 Å². The van der Waals surface area contributed by atoms with Gasteiger partial charge in [-0.2, -0.15) is 0 Å². The lowest BCUT2D eigenvalue weighted by atomic mass is 10.1. The molecule has 3 aromatic rings. The average Bonchev–Trinajstić information content (AvgIpc) is 3.10. The Morgan fingerprint density at radius 1 is 1.30 bits per heavy atom. The Hall–Kier alpha value is -2.71. The van der Waals surface area contributed by atoms with Gasteiger partial charge in [-0.05, 0) is 30.2 Å². The molecule has 1 heterocycles. The lowest BCUT2D eigenvalue weighted by Crippen LogP contribution is -2.21. The lowest BCUT2D eigenvalue weighted by Gasteiger charge is -2.17. The maximum absolute atomic E-state index is 13.2. The van der Waals surface area contributed by atoms with E-state index in [1.807, 2.05) is 30.3 Å². The first-order valence-electron chi connectivity index (χ1n) is 9.54. The van der Waals surface area contributed by atoms with E-state index in [1.54, 1.807) is 22.8 Å². The molecule has 30 heavy (non-hydrogen) atoms. The molecule has 0 fully saturated rings. The summed E-state index contributed by atoms with van der Waals surface area (Å²) in [6.45, 7) is 2.60. The highest BCUT2D eigenvalue weighted by atomic mass is 35.5. The summed E-state index contributed by atoms with van der Waals surface area (Å²) in [4.78, 5) is 25.3. The van der Waals surface area contributed by atoms with Crippen LogP contribution in [-0.2, 0) is 11.3 Å². The molecule has 0 saturated carbocycles. The third-order valence-electron chi connectivity index (χ3n) is 4.44. The van der Waals surface area contributed by atoms with E-state index >= 15 is 0 Å². The normalized spacial score (nSPS) is 11.8. The van der Waals surface area contributed by atoms with Gasteiger partial charge in [0.05, 0.1) is 12.1 Å². The molecule has 0 aliphatic carbocycles. The highest BCUT2D eigenvalue weighted by Crippen LogP contribution is 2.35. The number of hydrogen-bond acceptors (Lipinski definition) is 5. The van der Waals surface area contributed by atoms with Gasteiger partial charge in [-0.1, -0.05) is 67.0 Å². The van der Waals surface area contributed by atoms with Crippen molar-refractivity contribution in [2.45, 2.75) is 36.7 Å². The van der Waals surface area contributed by atoms with Crippen LogP contribution in [0.4, 0.5) is 5.69 Å². The highest BCUT2D eigenvalue weighted by Gasteiger charge is 2.25. The summed E-state index contributed by atoms with van der Waals surface area (Å²) in [5.41, 5.74) is 1.08. The molecule has 0 aliphatic heterocycles. The van der Waals surface area contributed by atoms with E-state index in [0.717, 1.165) is 18.4 Å². The van der Waals surface area contributed by atoms with Crippen molar-refractivity contribution in [3.8, 4) is 5.75 Å². The third kappa shape index (κ3) is 5.25. The van der Waals surface area contributed by atoms with Crippen molar-refractivity contribution >= 4 is 35.0 Å². The number of unbranched alkanes of at least 4 members (excludes halogenated alkanes) is 1. The number of ether oxygens (including phenoxy) is 1. The van der Waals surface area contributed by atoms with Gasteiger partial charge in [-0.3, -0.25) is 9.36 Å². The Labute approximate surface area is 183 Å². The zero-order chi connectivity index (χ0) is 21.5. The van der Waals surface area contributed by atoms with Crippen molar-refractivity contribution in [3.05, 3.63) is 69.6 Å².